The molecular weight excluding hydrogens is 557 g/mol. The molecule has 0 saturated carbocycles. The molecule has 3 aromatic rings. The van der Waals surface area contributed by atoms with Crippen molar-refractivity contribution in [1.82, 2.24) is 10.2 Å². The van der Waals surface area contributed by atoms with Crippen LogP contribution in [0.4, 0.5) is 5.69 Å². The summed E-state index contributed by atoms with van der Waals surface area (Å²) in [7, 11) is -4.11. The Morgan fingerprint density at radius 3 is 2.23 bits per heavy atom. The fourth-order valence-electron chi connectivity index (χ4n) is 3.94. The smallest absolute Gasteiger partial charge is 0.264 e. The van der Waals surface area contributed by atoms with Crippen molar-refractivity contribution in [1.29, 1.82) is 0 Å². The van der Waals surface area contributed by atoms with E-state index in [1.807, 2.05) is 26.8 Å². The van der Waals surface area contributed by atoms with Gasteiger partial charge in [-0.25, -0.2) is 8.42 Å². The fraction of sp³-hybridized carbons (Fsp3) is 0.310. The third-order valence-corrected chi connectivity index (χ3v) is 8.97. The van der Waals surface area contributed by atoms with Crippen molar-refractivity contribution in [2.45, 2.75) is 51.6 Å². The predicted octanol–water partition coefficient (Wildman–Crippen LogP) is 5.75. The van der Waals surface area contributed by atoms with E-state index < -0.39 is 28.5 Å². The Balaban J connectivity index is 2.04. The first kappa shape index (κ1) is 30.5. The lowest BCUT2D eigenvalue weighted by atomic mass is 10.1. The topological polar surface area (TPSA) is 86.8 Å². The number of hydrogen-bond acceptors (Lipinski definition) is 4. The van der Waals surface area contributed by atoms with Crippen molar-refractivity contribution < 1.29 is 18.0 Å². The maximum Gasteiger partial charge on any atom is 0.264 e. The third-order valence-electron chi connectivity index (χ3n) is 6.44. The number of benzene rings is 3. The molecule has 1 atom stereocenters. The van der Waals surface area contributed by atoms with E-state index in [9.17, 15) is 18.0 Å². The number of carbonyl (C=O) groups excluding carboxylic acids is 2. The molecule has 0 saturated heterocycles. The van der Waals surface area contributed by atoms with Gasteiger partial charge in [0.15, 0.2) is 0 Å². The highest BCUT2D eigenvalue weighted by molar-refractivity contribution is 7.92. The van der Waals surface area contributed by atoms with Crippen molar-refractivity contribution in [3.05, 3.63) is 93.5 Å². The van der Waals surface area contributed by atoms with E-state index in [4.69, 9.17) is 23.2 Å². The summed E-state index contributed by atoms with van der Waals surface area (Å²) < 4.78 is 28.7. The number of rotatable bonds is 11. The molecule has 208 valence electrons. The first-order valence-electron chi connectivity index (χ1n) is 12.6. The van der Waals surface area contributed by atoms with Crippen molar-refractivity contribution in [3.63, 3.8) is 0 Å². The molecule has 0 fully saturated rings. The SMILES string of the molecule is CCCNC(=O)[C@H](C)N(Cc1ccc(Cl)c(Cl)c1)C(=O)CN(c1ccc(C)c(C)c1)S(=O)(=O)c1ccccc1. The number of carbonyl (C=O) groups is 2. The number of anilines is 1. The molecule has 0 aliphatic carbocycles. The molecule has 0 spiro atoms. The number of amides is 2. The van der Waals surface area contributed by atoms with Crippen molar-refractivity contribution >= 4 is 50.7 Å². The van der Waals surface area contributed by atoms with Crippen molar-refractivity contribution in [2.24, 2.45) is 0 Å². The highest BCUT2D eigenvalue weighted by Gasteiger charge is 2.32. The molecule has 0 heterocycles. The molecular formula is C29H33Cl2N3O4S. The van der Waals surface area contributed by atoms with Gasteiger partial charge in [0.1, 0.15) is 12.6 Å². The summed E-state index contributed by atoms with van der Waals surface area (Å²) in [6, 6.07) is 17.3. The molecule has 39 heavy (non-hydrogen) atoms. The van der Waals surface area contributed by atoms with E-state index in [1.165, 1.54) is 17.0 Å². The lowest BCUT2D eigenvalue weighted by Crippen LogP contribution is -2.51. The van der Waals surface area contributed by atoms with Gasteiger partial charge < -0.3 is 10.2 Å². The number of hydrogen-bond donors (Lipinski definition) is 1. The molecule has 7 nitrogen and oxygen atoms in total. The molecule has 0 aliphatic heterocycles. The van der Waals surface area contributed by atoms with Crippen LogP contribution in [0.1, 0.15) is 37.0 Å². The molecule has 3 aromatic carbocycles. The van der Waals surface area contributed by atoms with Gasteiger partial charge in [-0.15, -0.1) is 0 Å². The van der Waals surface area contributed by atoms with Gasteiger partial charge in [-0.2, -0.15) is 0 Å². The van der Waals surface area contributed by atoms with Crippen LogP contribution < -0.4 is 9.62 Å². The maximum absolute atomic E-state index is 13.9. The van der Waals surface area contributed by atoms with Crippen LogP contribution in [0.5, 0.6) is 0 Å². The summed E-state index contributed by atoms with van der Waals surface area (Å²) in [5, 5.41) is 3.49. The van der Waals surface area contributed by atoms with E-state index in [2.05, 4.69) is 5.32 Å². The Labute approximate surface area is 240 Å². The first-order chi connectivity index (χ1) is 18.4. The van der Waals surface area contributed by atoms with Crippen LogP contribution in [0.25, 0.3) is 0 Å². The largest absolute Gasteiger partial charge is 0.354 e. The average Bonchev–Trinajstić information content (AvgIpc) is 2.92. The van der Waals surface area contributed by atoms with Gasteiger partial charge in [0.2, 0.25) is 11.8 Å². The summed E-state index contributed by atoms with van der Waals surface area (Å²) in [6.45, 7) is 7.33. The standard InChI is InChI=1S/C29H33Cl2N3O4S/c1-5-15-32-29(36)22(4)33(18-23-12-14-26(30)27(31)17-23)28(35)19-34(24-13-11-20(2)21(3)16-24)39(37,38)25-9-7-6-8-10-25/h6-14,16-17,22H,5,15,18-19H2,1-4H3,(H,32,36)/t22-/m0/s1. The number of aryl methyl sites for hydroxylation is 2. The summed E-state index contributed by atoms with van der Waals surface area (Å²) in [5.74, 6) is -0.883. The number of nitrogens with zero attached hydrogens (tertiary/aromatic N) is 2. The highest BCUT2D eigenvalue weighted by Crippen LogP contribution is 2.27. The normalized spacial score (nSPS) is 12.1. The lowest BCUT2D eigenvalue weighted by Gasteiger charge is -2.32. The van der Waals surface area contributed by atoms with Gasteiger partial charge >= 0.3 is 0 Å². The maximum atomic E-state index is 13.9. The van der Waals surface area contributed by atoms with Crippen LogP contribution in [0.2, 0.25) is 10.0 Å². The van der Waals surface area contributed by atoms with E-state index in [1.54, 1.807) is 55.5 Å². The van der Waals surface area contributed by atoms with E-state index in [0.717, 1.165) is 21.9 Å². The van der Waals surface area contributed by atoms with Gasteiger partial charge in [-0.3, -0.25) is 13.9 Å². The van der Waals surface area contributed by atoms with Gasteiger partial charge in [0.05, 0.1) is 20.6 Å². The van der Waals surface area contributed by atoms with Crippen molar-refractivity contribution in [3.8, 4) is 0 Å². The Kier molecular flexibility index (Phi) is 10.4. The third kappa shape index (κ3) is 7.53. The number of halogens is 2. The van der Waals surface area contributed by atoms with Crippen LogP contribution in [0.15, 0.2) is 71.6 Å². The van der Waals surface area contributed by atoms with Crippen LogP contribution in [-0.2, 0) is 26.2 Å². The Morgan fingerprint density at radius 1 is 0.923 bits per heavy atom. The first-order valence-corrected chi connectivity index (χ1v) is 14.8. The van der Waals surface area contributed by atoms with Gasteiger partial charge in [0.25, 0.3) is 10.0 Å². The molecule has 3 rings (SSSR count). The van der Waals surface area contributed by atoms with Crippen LogP contribution in [0, 0.1) is 13.8 Å². The molecule has 0 radical (unpaired) electrons. The summed E-state index contributed by atoms with van der Waals surface area (Å²) in [5.41, 5.74) is 2.88. The lowest BCUT2D eigenvalue weighted by molar-refractivity contribution is -0.139. The second-order valence-corrected chi connectivity index (χ2v) is 12.0. The minimum absolute atomic E-state index is 0.0303. The fourth-order valence-corrected chi connectivity index (χ4v) is 5.69. The molecule has 10 heteroatoms. The van der Waals surface area contributed by atoms with Crippen molar-refractivity contribution in [2.75, 3.05) is 17.4 Å². The molecule has 0 unspecified atom stereocenters. The zero-order valence-electron chi connectivity index (χ0n) is 22.4. The van der Waals surface area contributed by atoms with E-state index >= 15 is 0 Å². The van der Waals surface area contributed by atoms with Gasteiger partial charge in [-0.05, 0) is 80.3 Å². The highest BCUT2D eigenvalue weighted by atomic mass is 35.5. The minimum Gasteiger partial charge on any atom is -0.354 e. The molecule has 0 aromatic heterocycles. The second kappa shape index (κ2) is 13.3. The van der Waals surface area contributed by atoms with Crippen LogP contribution in [0.3, 0.4) is 0 Å². The van der Waals surface area contributed by atoms with Crippen LogP contribution in [-0.4, -0.2) is 44.3 Å². The summed E-state index contributed by atoms with van der Waals surface area (Å²) in [4.78, 5) is 28.3. The van der Waals surface area contributed by atoms with E-state index in [0.29, 0.717) is 27.8 Å². The minimum atomic E-state index is -4.11. The molecule has 0 bridgehead atoms. The van der Waals surface area contributed by atoms with Crippen LogP contribution >= 0.6 is 23.2 Å². The predicted molar refractivity (Wildman–Crippen MR) is 157 cm³/mol. The Bertz CT molecular complexity index is 1430. The molecule has 2 amide bonds. The monoisotopic (exact) mass is 589 g/mol. The van der Waals surface area contributed by atoms with E-state index in [-0.39, 0.29) is 17.3 Å². The number of sulfonamides is 1. The Hall–Kier alpha value is -3.07. The molecule has 1 N–H and O–H groups in total. The second-order valence-electron chi connectivity index (χ2n) is 9.33. The van der Waals surface area contributed by atoms with Gasteiger partial charge in [-0.1, -0.05) is 60.5 Å². The quantitative estimate of drug-likeness (QED) is 0.308. The zero-order chi connectivity index (χ0) is 28.7. The summed E-state index contributed by atoms with van der Waals surface area (Å²) in [6.07, 6.45) is 0.731. The zero-order valence-corrected chi connectivity index (χ0v) is 24.8. The Morgan fingerprint density at radius 2 is 1.62 bits per heavy atom. The van der Waals surface area contributed by atoms with Gasteiger partial charge in [0, 0.05) is 13.1 Å². The summed E-state index contributed by atoms with van der Waals surface area (Å²) >= 11 is 12.3. The molecule has 0 aliphatic rings. The average molecular weight is 591 g/mol. The number of nitrogens with one attached hydrogen (secondary N) is 1.